The first-order valence-corrected chi connectivity index (χ1v) is 13.7. The van der Waals surface area contributed by atoms with Gasteiger partial charge in [-0.15, -0.1) is 22.0 Å². The van der Waals surface area contributed by atoms with Crippen LogP contribution in [0.15, 0.2) is 46.0 Å². The third-order valence-corrected chi connectivity index (χ3v) is 8.32. The molecular weight excluding hydrogens is 574 g/mol. The van der Waals surface area contributed by atoms with Gasteiger partial charge in [0.1, 0.15) is 17.1 Å². The van der Waals surface area contributed by atoms with E-state index in [1.807, 2.05) is 12.1 Å². The first-order chi connectivity index (χ1) is 18.7. The predicted octanol–water partition coefficient (Wildman–Crippen LogP) is -0.501. The Morgan fingerprint density at radius 2 is 2.10 bits per heavy atom. The molecule has 16 nitrogen and oxygen atoms in total. The molecule has 19 heteroatoms. The number of rotatable bonds is 10. The SMILES string of the molecule is Nc1nc(/C(=N/OCC(=O)O)C(=O)N[C@@H]2C(=O)N3C(C(=O)O)=C(CSc4nnc5ccccn45)CS[C@H]23)ns1. The van der Waals surface area contributed by atoms with E-state index in [0.717, 1.165) is 16.4 Å². The van der Waals surface area contributed by atoms with E-state index < -0.39 is 47.5 Å². The minimum Gasteiger partial charge on any atom is -0.479 e. The molecule has 0 saturated carbocycles. The van der Waals surface area contributed by atoms with E-state index in [1.54, 1.807) is 16.7 Å². The number of nitrogen functional groups attached to an aromatic ring is 1. The number of carbonyl (C=O) groups is 4. The smallest absolute Gasteiger partial charge is 0.352 e. The number of β-lactam (4-membered cyclic amide) rings is 1. The monoisotopic (exact) mass is 591 g/mol. The summed E-state index contributed by atoms with van der Waals surface area (Å²) < 4.78 is 5.65. The Kier molecular flexibility index (Phi) is 7.35. The zero-order chi connectivity index (χ0) is 27.7. The number of aromatic nitrogens is 5. The normalized spacial score (nSPS) is 19.0. The number of carbonyl (C=O) groups excluding carboxylic acids is 2. The van der Waals surface area contributed by atoms with Crippen LogP contribution in [-0.4, -0.2) is 98.1 Å². The van der Waals surface area contributed by atoms with Crippen molar-refractivity contribution in [3.05, 3.63) is 41.5 Å². The Morgan fingerprint density at radius 1 is 1.28 bits per heavy atom. The fourth-order valence-electron chi connectivity index (χ4n) is 3.74. The van der Waals surface area contributed by atoms with E-state index in [4.69, 9.17) is 10.8 Å². The van der Waals surface area contributed by atoms with Crippen LogP contribution in [0.2, 0.25) is 0 Å². The highest BCUT2D eigenvalue weighted by molar-refractivity contribution is 8.01. The summed E-state index contributed by atoms with van der Waals surface area (Å²) in [6, 6.07) is 4.37. The summed E-state index contributed by atoms with van der Waals surface area (Å²) in [6.45, 7) is -0.830. The fourth-order valence-corrected chi connectivity index (χ4v) is 6.58. The number of anilines is 1. The number of nitrogens with one attached hydrogen (secondary N) is 1. The molecule has 0 radical (unpaired) electrons. The average Bonchev–Trinajstić information content (AvgIpc) is 3.53. The Morgan fingerprint density at radius 3 is 2.82 bits per heavy atom. The Bertz CT molecular complexity index is 1550. The van der Waals surface area contributed by atoms with Crippen molar-refractivity contribution in [1.29, 1.82) is 0 Å². The molecule has 1 saturated heterocycles. The zero-order valence-corrected chi connectivity index (χ0v) is 21.9. The van der Waals surface area contributed by atoms with Crippen LogP contribution in [0.25, 0.3) is 5.65 Å². The van der Waals surface area contributed by atoms with E-state index in [9.17, 15) is 24.3 Å². The number of carboxylic acids is 2. The first-order valence-electron chi connectivity index (χ1n) is 10.9. The fraction of sp³-hybridized carbons (Fsp3) is 0.250. The summed E-state index contributed by atoms with van der Waals surface area (Å²) in [5.74, 6) is -3.82. The number of hydrogen-bond donors (Lipinski definition) is 4. The van der Waals surface area contributed by atoms with Gasteiger partial charge in [0, 0.05) is 29.2 Å². The van der Waals surface area contributed by atoms with Crippen molar-refractivity contribution >= 4 is 75.3 Å². The number of pyridine rings is 1. The summed E-state index contributed by atoms with van der Waals surface area (Å²) in [6.07, 6.45) is 1.79. The second-order valence-corrected chi connectivity index (χ2v) is 10.7. The van der Waals surface area contributed by atoms with Crippen LogP contribution >= 0.6 is 35.1 Å². The van der Waals surface area contributed by atoms with E-state index in [1.165, 1.54) is 23.5 Å². The van der Waals surface area contributed by atoms with Crippen LogP contribution in [0.5, 0.6) is 0 Å². The van der Waals surface area contributed by atoms with Crippen LogP contribution in [0.3, 0.4) is 0 Å². The number of aliphatic carboxylic acids is 2. The molecule has 3 aromatic heterocycles. The summed E-state index contributed by atoms with van der Waals surface area (Å²) >= 11 is 3.35. The van der Waals surface area contributed by atoms with Crippen molar-refractivity contribution in [2.45, 2.75) is 16.6 Å². The lowest BCUT2D eigenvalue weighted by molar-refractivity contribution is -0.150. The summed E-state index contributed by atoms with van der Waals surface area (Å²) in [4.78, 5) is 58.6. The average molecular weight is 592 g/mol. The van der Waals surface area contributed by atoms with Gasteiger partial charge in [-0.05, 0) is 17.7 Å². The molecule has 2 aliphatic heterocycles. The predicted molar refractivity (Wildman–Crippen MR) is 138 cm³/mol. The quantitative estimate of drug-likeness (QED) is 0.101. The second kappa shape index (κ2) is 10.9. The van der Waals surface area contributed by atoms with Gasteiger partial charge in [-0.1, -0.05) is 23.0 Å². The van der Waals surface area contributed by atoms with Crippen LogP contribution in [0.4, 0.5) is 5.13 Å². The minimum absolute atomic E-state index is 0.0261. The highest BCUT2D eigenvalue weighted by Gasteiger charge is 2.54. The van der Waals surface area contributed by atoms with Gasteiger partial charge in [-0.3, -0.25) is 18.9 Å². The number of hydrogen-bond acceptors (Lipinski definition) is 14. The molecule has 3 aromatic rings. The molecule has 2 atom stereocenters. The van der Waals surface area contributed by atoms with Gasteiger partial charge >= 0.3 is 11.9 Å². The summed E-state index contributed by atoms with van der Waals surface area (Å²) in [7, 11) is 0. The van der Waals surface area contributed by atoms with Gasteiger partial charge in [0.25, 0.3) is 11.8 Å². The maximum Gasteiger partial charge on any atom is 0.352 e. The molecular formula is C20H17N9O7S3. The van der Waals surface area contributed by atoms with Gasteiger partial charge in [0.05, 0.1) is 0 Å². The molecule has 5 heterocycles. The third kappa shape index (κ3) is 5.22. The minimum atomic E-state index is -1.33. The molecule has 2 amide bonds. The van der Waals surface area contributed by atoms with Gasteiger partial charge in [-0.2, -0.15) is 9.36 Å². The number of nitrogens with zero attached hydrogens (tertiary/aromatic N) is 7. The van der Waals surface area contributed by atoms with Gasteiger partial charge < -0.3 is 26.1 Å². The van der Waals surface area contributed by atoms with E-state index in [0.29, 0.717) is 22.1 Å². The van der Waals surface area contributed by atoms with Crippen molar-refractivity contribution in [2.75, 3.05) is 23.8 Å². The summed E-state index contributed by atoms with van der Waals surface area (Å²) in [5, 5.41) is 32.8. The molecule has 0 aromatic carbocycles. The molecule has 0 bridgehead atoms. The van der Waals surface area contributed by atoms with Crippen molar-refractivity contribution < 1.29 is 34.2 Å². The van der Waals surface area contributed by atoms with Crippen LogP contribution in [-0.2, 0) is 24.0 Å². The largest absolute Gasteiger partial charge is 0.479 e. The van der Waals surface area contributed by atoms with E-state index >= 15 is 0 Å². The molecule has 2 aliphatic rings. The van der Waals surface area contributed by atoms with Crippen LogP contribution < -0.4 is 11.1 Å². The maximum absolute atomic E-state index is 13.0. The second-order valence-electron chi connectivity index (χ2n) is 7.88. The lowest BCUT2D eigenvalue weighted by atomic mass is 10.0. The topological polar surface area (TPSA) is 228 Å². The van der Waals surface area contributed by atoms with Gasteiger partial charge in [0.2, 0.25) is 18.1 Å². The number of nitrogens with two attached hydrogens (primary N) is 1. The Balaban J connectivity index is 1.31. The number of amides is 2. The first kappa shape index (κ1) is 26.4. The van der Waals surface area contributed by atoms with Crippen LogP contribution in [0, 0.1) is 0 Å². The maximum atomic E-state index is 13.0. The number of oxime groups is 1. The molecule has 5 rings (SSSR count). The molecule has 0 spiro atoms. The molecule has 0 aliphatic carbocycles. The molecule has 202 valence electrons. The molecule has 1 fully saturated rings. The zero-order valence-electron chi connectivity index (χ0n) is 19.5. The highest BCUT2D eigenvalue weighted by Crippen LogP contribution is 2.41. The van der Waals surface area contributed by atoms with Crippen molar-refractivity contribution in [3.8, 4) is 0 Å². The van der Waals surface area contributed by atoms with Crippen LogP contribution in [0.1, 0.15) is 5.82 Å². The van der Waals surface area contributed by atoms with Crippen molar-refractivity contribution in [3.63, 3.8) is 0 Å². The highest BCUT2D eigenvalue weighted by atomic mass is 32.2. The van der Waals surface area contributed by atoms with E-state index in [2.05, 4.69) is 34.9 Å². The Hall–Kier alpha value is -4.23. The molecule has 39 heavy (non-hydrogen) atoms. The third-order valence-electron chi connectivity index (χ3n) is 5.41. The Labute approximate surface area is 230 Å². The number of carboxylic acid groups (broad SMARTS) is 2. The van der Waals surface area contributed by atoms with Crippen molar-refractivity contribution in [1.82, 2.24) is 34.2 Å². The van der Waals surface area contributed by atoms with Crippen molar-refractivity contribution in [2.24, 2.45) is 5.16 Å². The van der Waals surface area contributed by atoms with Gasteiger partial charge in [0.15, 0.2) is 15.9 Å². The summed E-state index contributed by atoms with van der Waals surface area (Å²) in [5.41, 5.74) is 6.10. The van der Waals surface area contributed by atoms with E-state index in [-0.39, 0.29) is 22.4 Å². The molecule has 0 unspecified atom stereocenters. The number of fused-ring (bicyclic) bond motifs is 2. The molecule has 5 N–H and O–H groups in total. The lowest BCUT2D eigenvalue weighted by Gasteiger charge is -2.49. The van der Waals surface area contributed by atoms with Gasteiger partial charge in [-0.25, -0.2) is 9.59 Å². The lowest BCUT2D eigenvalue weighted by Crippen LogP contribution is -2.71. The number of thioether (sulfide) groups is 2. The standard InChI is InChI=1S/C20H17N9O7S3/c21-19-23-14(27-39-19)11(26-36-5-10(30)31)15(32)22-12-16(33)29-13(18(34)35)8(6-37-17(12)29)7-38-20-25-24-9-3-1-2-4-28(9)20/h1-4,12,17H,5-7H2,(H,22,32)(H,30,31)(H,34,35)(H2,21,23,27)/b26-11-/t12-,17-/m1/s1.